The second-order valence-electron chi connectivity index (χ2n) is 7.02. The average molecular weight is 382 g/mol. The molecular weight excluding hydrogens is 358 g/mol. The van der Waals surface area contributed by atoms with Crippen molar-refractivity contribution in [2.75, 3.05) is 31.6 Å². The first-order valence-corrected chi connectivity index (χ1v) is 10.0. The van der Waals surface area contributed by atoms with E-state index in [-0.39, 0.29) is 5.91 Å². The van der Waals surface area contributed by atoms with Crippen LogP contribution in [0.5, 0.6) is 0 Å². The van der Waals surface area contributed by atoms with Gasteiger partial charge in [0.25, 0.3) is 0 Å². The van der Waals surface area contributed by atoms with Gasteiger partial charge in [0.1, 0.15) is 10.6 Å². The second-order valence-corrected chi connectivity index (χ2v) is 8.22. The summed E-state index contributed by atoms with van der Waals surface area (Å²) in [6, 6.07) is 3.84. The third-order valence-electron chi connectivity index (χ3n) is 5.12. The lowest BCUT2D eigenvalue weighted by Gasteiger charge is -2.23. The number of carbonyl (C=O) groups excluding carboxylic acids is 1. The summed E-state index contributed by atoms with van der Waals surface area (Å²) in [5.41, 5.74) is 2.06. The van der Waals surface area contributed by atoms with Crippen LogP contribution in [-0.4, -0.2) is 52.4 Å². The SMILES string of the molecule is Cc1sc2nc(-c3cccnc3)nc(N(C)CC(=O)N3CCCC3)c2c1C. The van der Waals surface area contributed by atoms with Gasteiger partial charge in [0.15, 0.2) is 5.82 Å². The van der Waals surface area contributed by atoms with Crippen molar-refractivity contribution < 1.29 is 4.79 Å². The van der Waals surface area contributed by atoms with E-state index < -0.39 is 0 Å². The number of nitrogens with zero attached hydrogens (tertiary/aromatic N) is 5. The smallest absolute Gasteiger partial charge is 0.242 e. The van der Waals surface area contributed by atoms with Gasteiger partial charge >= 0.3 is 0 Å². The molecule has 1 aliphatic heterocycles. The Morgan fingerprint density at radius 1 is 1.26 bits per heavy atom. The maximum Gasteiger partial charge on any atom is 0.242 e. The highest BCUT2D eigenvalue weighted by Crippen LogP contribution is 2.36. The fourth-order valence-electron chi connectivity index (χ4n) is 3.47. The predicted molar refractivity (Wildman–Crippen MR) is 109 cm³/mol. The maximum absolute atomic E-state index is 12.6. The average Bonchev–Trinajstić information content (AvgIpc) is 3.31. The summed E-state index contributed by atoms with van der Waals surface area (Å²) in [5, 5.41) is 1.04. The van der Waals surface area contributed by atoms with Crippen LogP contribution in [0.4, 0.5) is 5.82 Å². The highest BCUT2D eigenvalue weighted by atomic mass is 32.1. The maximum atomic E-state index is 12.6. The third-order valence-corrected chi connectivity index (χ3v) is 6.22. The summed E-state index contributed by atoms with van der Waals surface area (Å²) < 4.78 is 0. The molecule has 6 nitrogen and oxygen atoms in total. The van der Waals surface area contributed by atoms with Gasteiger partial charge in [-0.15, -0.1) is 11.3 Å². The molecule has 1 aliphatic rings. The molecule has 4 rings (SSSR count). The Morgan fingerprint density at radius 2 is 2.04 bits per heavy atom. The molecule has 3 aromatic rings. The number of aromatic nitrogens is 3. The fourth-order valence-corrected chi connectivity index (χ4v) is 4.50. The van der Waals surface area contributed by atoms with E-state index in [0.29, 0.717) is 12.4 Å². The van der Waals surface area contributed by atoms with Gasteiger partial charge in [0.05, 0.1) is 11.9 Å². The number of carbonyl (C=O) groups is 1. The summed E-state index contributed by atoms with van der Waals surface area (Å²) in [4.78, 5) is 32.5. The van der Waals surface area contributed by atoms with Crippen LogP contribution in [-0.2, 0) is 4.79 Å². The van der Waals surface area contributed by atoms with Crippen LogP contribution < -0.4 is 4.90 Å². The molecule has 0 bridgehead atoms. The second kappa shape index (κ2) is 7.23. The van der Waals surface area contributed by atoms with Gasteiger partial charge in [-0.05, 0) is 44.4 Å². The molecule has 1 fully saturated rings. The largest absolute Gasteiger partial charge is 0.350 e. The molecule has 0 saturated carbocycles. The van der Waals surface area contributed by atoms with Crippen molar-refractivity contribution in [2.24, 2.45) is 0 Å². The molecule has 140 valence electrons. The van der Waals surface area contributed by atoms with Crippen molar-refractivity contribution >= 4 is 33.3 Å². The number of aryl methyl sites for hydroxylation is 2. The highest BCUT2D eigenvalue weighted by molar-refractivity contribution is 7.18. The topological polar surface area (TPSA) is 62.2 Å². The van der Waals surface area contributed by atoms with E-state index in [4.69, 9.17) is 9.97 Å². The standard InChI is InChI=1S/C20H23N5OS/c1-13-14(2)27-20-17(13)19(22-18(23-20)15-7-6-8-21-11-15)24(3)12-16(26)25-9-4-5-10-25/h6-8,11H,4-5,9-10,12H2,1-3H3. The van der Waals surface area contributed by atoms with Crippen molar-refractivity contribution in [3.05, 3.63) is 35.0 Å². The van der Waals surface area contributed by atoms with E-state index in [1.54, 1.807) is 23.7 Å². The number of likely N-dealkylation sites (N-methyl/N-ethyl adjacent to an activating group) is 1. The predicted octanol–water partition coefficient (Wildman–Crippen LogP) is 3.43. The molecule has 4 heterocycles. The molecule has 0 spiro atoms. The molecule has 0 aliphatic carbocycles. The lowest BCUT2D eigenvalue weighted by Crippen LogP contribution is -2.37. The molecule has 3 aromatic heterocycles. The monoisotopic (exact) mass is 381 g/mol. The van der Waals surface area contributed by atoms with Crippen LogP contribution in [0.2, 0.25) is 0 Å². The number of hydrogen-bond acceptors (Lipinski definition) is 6. The van der Waals surface area contributed by atoms with E-state index in [1.807, 2.05) is 29.0 Å². The summed E-state index contributed by atoms with van der Waals surface area (Å²) >= 11 is 1.67. The minimum absolute atomic E-state index is 0.161. The van der Waals surface area contributed by atoms with E-state index in [1.165, 1.54) is 10.4 Å². The first-order chi connectivity index (χ1) is 13.0. The van der Waals surface area contributed by atoms with Crippen molar-refractivity contribution in [2.45, 2.75) is 26.7 Å². The van der Waals surface area contributed by atoms with Crippen LogP contribution in [0.25, 0.3) is 21.6 Å². The minimum Gasteiger partial charge on any atom is -0.350 e. The molecule has 0 radical (unpaired) electrons. The number of anilines is 1. The van der Waals surface area contributed by atoms with Crippen molar-refractivity contribution in [1.29, 1.82) is 0 Å². The van der Waals surface area contributed by atoms with Gasteiger partial charge in [-0.25, -0.2) is 9.97 Å². The van der Waals surface area contributed by atoms with Gasteiger partial charge in [-0.2, -0.15) is 0 Å². The van der Waals surface area contributed by atoms with Crippen LogP contribution in [0.3, 0.4) is 0 Å². The molecule has 7 heteroatoms. The first-order valence-electron chi connectivity index (χ1n) is 9.21. The molecule has 1 saturated heterocycles. The van der Waals surface area contributed by atoms with E-state index >= 15 is 0 Å². The Bertz CT molecular complexity index is 979. The van der Waals surface area contributed by atoms with E-state index in [0.717, 1.165) is 47.5 Å². The van der Waals surface area contributed by atoms with Crippen molar-refractivity contribution in [1.82, 2.24) is 19.9 Å². The molecule has 0 atom stereocenters. The van der Waals surface area contributed by atoms with E-state index in [2.05, 4.69) is 18.8 Å². The number of likely N-dealkylation sites (tertiary alicyclic amines) is 1. The van der Waals surface area contributed by atoms with Crippen LogP contribution in [0.1, 0.15) is 23.3 Å². The number of rotatable bonds is 4. The Labute approximate surface area is 162 Å². The zero-order chi connectivity index (χ0) is 19.0. The van der Waals surface area contributed by atoms with Crippen LogP contribution >= 0.6 is 11.3 Å². The van der Waals surface area contributed by atoms with Crippen LogP contribution in [0, 0.1) is 13.8 Å². The number of pyridine rings is 1. The van der Waals surface area contributed by atoms with Crippen LogP contribution in [0.15, 0.2) is 24.5 Å². The quantitative estimate of drug-likeness (QED) is 0.693. The fraction of sp³-hybridized carbons (Fsp3) is 0.400. The minimum atomic E-state index is 0.161. The summed E-state index contributed by atoms with van der Waals surface area (Å²) in [6.45, 7) is 6.26. The molecule has 0 N–H and O–H groups in total. The lowest BCUT2D eigenvalue weighted by atomic mass is 10.2. The number of fused-ring (bicyclic) bond motifs is 1. The van der Waals surface area contributed by atoms with Gasteiger partial charge in [-0.1, -0.05) is 0 Å². The number of thiophene rings is 1. The highest BCUT2D eigenvalue weighted by Gasteiger charge is 2.23. The first kappa shape index (κ1) is 17.9. The Kier molecular flexibility index (Phi) is 4.78. The van der Waals surface area contributed by atoms with Gasteiger partial charge < -0.3 is 9.80 Å². The van der Waals surface area contributed by atoms with Gasteiger partial charge in [0, 0.05) is 43.0 Å². The molecule has 27 heavy (non-hydrogen) atoms. The molecule has 0 aromatic carbocycles. The molecule has 0 unspecified atom stereocenters. The Balaban J connectivity index is 1.76. The molecule has 1 amide bonds. The molecular formula is C20H23N5OS. The van der Waals surface area contributed by atoms with Gasteiger partial charge in [0.2, 0.25) is 5.91 Å². The summed E-state index contributed by atoms with van der Waals surface area (Å²) in [7, 11) is 1.94. The zero-order valence-electron chi connectivity index (χ0n) is 15.9. The van der Waals surface area contributed by atoms with Gasteiger partial charge in [-0.3, -0.25) is 9.78 Å². The summed E-state index contributed by atoms with van der Waals surface area (Å²) in [6.07, 6.45) is 5.71. The van der Waals surface area contributed by atoms with Crippen molar-refractivity contribution in [3.63, 3.8) is 0 Å². The van der Waals surface area contributed by atoms with Crippen molar-refractivity contribution in [3.8, 4) is 11.4 Å². The number of hydrogen-bond donors (Lipinski definition) is 0. The third kappa shape index (κ3) is 3.39. The number of amides is 1. The Hall–Kier alpha value is -2.54. The normalized spacial score (nSPS) is 14.1. The zero-order valence-corrected chi connectivity index (χ0v) is 16.7. The summed E-state index contributed by atoms with van der Waals surface area (Å²) in [5.74, 6) is 1.62. The van der Waals surface area contributed by atoms with E-state index in [9.17, 15) is 4.79 Å². The lowest BCUT2D eigenvalue weighted by molar-refractivity contribution is -0.128. The Morgan fingerprint density at radius 3 is 2.74 bits per heavy atom.